The molecular formula is C20H10ClF4IN6O. The molecule has 0 spiro atoms. The van der Waals surface area contributed by atoms with Crippen molar-refractivity contribution >= 4 is 45.8 Å². The largest absolute Gasteiger partial charge is 0.420 e. The summed E-state index contributed by atoms with van der Waals surface area (Å²) in [5.41, 5.74) is -1.02. The number of carbonyl (C=O) groups excluding carboxylic acids is 1. The van der Waals surface area contributed by atoms with Crippen LogP contribution in [0.15, 0.2) is 55.2 Å². The number of nitrogens with one attached hydrogen (secondary N) is 1. The van der Waals surface area contributed by atoms with Gasteiger partial charge in [-0.25, -0.2) is 9.37 Å². The van der Waals surface area contributed by atoms with Crippen LogP contribution < -0.4 is 5.32 Å². The molecule has 0 unspecified atom stereocenters. The number of carbonyl (C=O) groups is 1. The molecule has 33 heavy (non-hydrogen) atoms. The number of hydrogen-bond acceptors (Lipinski definition) is 5. The number of nitrogens with zero attached hydrogens (tertiary/aromatic N) is 5. The number of amides is 1. The van der Waals surface area contributed by atoms with Crippen molar-refractivity contribution in [1.82, 2.24) is 25.0 Å². The van der Waals surface area contributed by atoms with E-state index >= 15 is 0 Å². The van der Waals surface area contributed by atoms with E-state index in [9.17, 15) is 22.4 Å². The maximum Gasteiger partial charge on any atom is 0.420 e. The highest BCUT2D eigenvalue weighted by molar-refractivity contribution is 14.1. The third-order valence-corrected chi connectivity index (χ3v) is 5.57. The van der Waals surface area contributed by atoms with Crippen LogP contribution in [-0.4, -0.2) is 30.9 Å². The van der Waals surface area contributed by atoms with Gasteiger partial charge in [0, 0.05) is 27.1 Å². The van der Waals surface area contributed by atoms with E-state index in [1.54, 1.807) is 6.07 Å². The minimum atomic E-state index is -4.80. The van der Waals surface area contributed by atoms with Crippen molar-refractivity contribution in [3.63, 3.8) is 0 Å². The summed E-state index contributed by atoms with van der Waals surface area (Å²) in [6.07, 6.45) is 1.62. The number of rotatable bonds is 4. The Kier molecular flexibility index (Phi) is 6.30. The minimum absolute atomic E-state index is 0.0853. The summed E-state index contributed by atoms with van der Waals surface area (Å²) in [5, 5.41) is 9.49. The Morgan fingerprint density at radius 2 is 1.79 bits per heavy atom. The van der Waals surface area contributed by atoms with E-state index in [1.165, 1.54) is 30.9 Å². The third kappa shape index (κ3) is 4.80. The predicted molar refractivity (Wildman–Crippen MR) is 119 cm³/mol. The van der Waals surface area contributed by atoms with Gasteiger partial charge in [-0.15, -0.1) is 4.80 Å². The van der Waals surface area contributed by atoms with Gasteiger partial charge < -0.3 is 5.32 Å². The van der Waals surface area contributed by atoms with Crippen molar-refractivity contribution < 1.29 is 22.4 Å². The van der Waals surface area contributed by atoms with E-state index in [0.717, 1.165) is 12.3 Å². The second kappa shape index (κ2) is 9.02. The molecule has 7 nitrogen and oxygen atoms in total. The first-order chi connectivity index (χ1) is 15.6. The van der Waals surface area contributed by atoms with Gasteiger partial charge in [0.15, 0.2) is 5.82 Å². The van der Waals surface area contributed by atoms with Gasteiger partial charge in [0.05, 0.1) is 34.9 Å². The molecule has 0 fully saturated rings. The van der Waals surface area contributed by atoms with Gasteiger partial charge in [-0.3, -0.25) is 9.78 Å². The Morgan fingerprint density at radius 1 is 1.06 bits per heavy atom. The number of pyridine rings is 2. The van der Waals surface area contributed by atoms with Gasteiger partial charge in [0.25, 0.3) is 5.91 Å². The second-order valence-electron chi connectivity index (χ2n) is 6.53. The molecule has 0 atom stereocenters. The topological polar surface area (TPSA) is 85.6 Å². The van der Waals surface area contributed by atoms with Crippen LogP contribution in [0, 0.1) is 9.39 Å². The summed E-state index contributed by atoms with van der Waals surface area (Å²) < 4.78 is 56.1. The van der Waals surface area contributed by atoms with Crippen molar-refractivity contribution in [2.24, 2.45) is 0 Å². The molecule has 0 bridgehead atoms. The molecule has 168 valence electrons. The smallest absolute Gasteiger partial charge is 0.321 e. The highest BCUT2D eigenvalue weighted by Crippen LogP contribution is 2.35. The lowest BCUT2D eigenvalue weighted by Crippen LogP contribution is -2.17. The number of alkyl halides is 3. The van der Waals surface area contributed by atoms with Crippen LogP contribution in [0.1, 0.15) is 15.9 Å². The Morgan fingerprint density at radius 3 is 2.45 bits per heavy atom. The van der Waals surface area contributed by atoms with Crippen LogP contribution >= 0.6 is 34.2 Å². The zero-order valence-electron chi connectivity index (χ0n) is 16.1. The minimum Gasteiger partial charge on any atom is -0.321 e. The van der Waals surface area contributed by atoms with Crippen LogP contribution in [0.25, 0.3) is 16.9 Å². The molecule has 3 aromatic heterocycles. The Labute approximate surface area is 202 Å². The molecule has 4 rings (SSSR count). The predicted octanol–water partition coefficient (Wildman–Crippen LogP) is 5.39. The molecule has 13 heteroatoms. The van der Waals surface area contributed by atoms with Crippen LogP contribution in [0.2, 0.25) is 5.02 Å². The molecule has 0 aliphatic heterocycles. The number of hydrogen-bond donors (Lipinski definition) is 1. The molecule has 0 radical (unpaired) electrons. The number of benzene rings is 1. The molecule has 0 saturated carbocycles. The van der Waals surface area contributed by atoms with E-state index in [0.29, 0.717) is 20.0 Å². The molecule has 0 saturated heterocycles. The first-order valence-corrected chi connectivity index (χ1v) is 10.4. The zero-order valence-corrected chi connectivity index (χ0v) is 19.0. The Bertz CT molecular complexity index is 1350. The number of anilines is 1. The molecule has 3 heterocycles. The molecule has 0 aliphatic carbocycles. The third-order valence-electron chi connectivity index (χ3n) is 4.40. The lowest BCUT2D eigenvalue weighted by atomic mass is 10.0. The van der Waals surface area contributed by atoms with Crippen molar-refractivity contribution in [2.45, 2.75) is 6.18 Å². The summed E-state index contributed by atoms with van der Waals surface area (Å²) in [4.78, 5) is 21.0. The van der Waals surface area contributed by atoms with Gasteiger partial charge >= 0.3 is 6.18 Å². The van der Waals surface area contributed by atoms with Crippen LogP contribution in [-0.2, 0) is 6.18 Å². The zero-order chi connectivity index (χ0) is 23.8. The van der Waals surface area contributed by atoms with Gasteiger partial charge in [0.1, 0.15) is 11.4 Å². The molecule has 1 N–H and O–H groups in total. The van der Waals surface area contributed by atoms with Crippen molar-refractivity contribution in [1.29, 1.82) is 0 Å². The maximum absolute atomic E-state index is 14.8. The highest BCUT2D eigenvalue weighted by Gasteiger charge is 2.36. The van der Waals surface area contributed by atoms with Crippen LogP contribution in [0.3, 0.4) is 0 Å². The van der Waals surface area contributed by atoms with Gasteiger partial charge in [0.2, 0.25) is 0 Å². The molecular weight excluding hydrogens is 579 g/mol. The lowest BCUT2D eigenvalue weighted by molar-refractivity contribution is -0.137. The van der Waals surface area contributed by atoms with Gasteiger partial charge in [-0.2, -0.15) is 23.4 Å². The maximum atomic E-state index is 14.8. The summed E-state index contributed by atoms with van der Waals surface area (Å²) in [5.74, 6) is -2.21. The monoisotopic (exact) mass is 588 g/mol. The molecule has 0 aliphatic rings. The first kappa shape index (κ1) is 23.0. The van der Waals surface area contributed by atoms with E-state index in [4.69, 9.17) is 11.6 Å². The summed E-state index contributed by atoms with van der Waals surface area (Å²) in [6, 6.07) is 4.47. The van der Waals surface area contributed by atoms with Crippen LogP contribution in [0.5, 0.6) is 0 Å². The average Bonchev–Trinajstić information content (AvgIpc) is 3.30. The SMILES string of the molecule is O=C(Nc1cnc(-n2nccn2)c(C(F)(F)F)c1)c1cc(F)c(-c2ccncc2I)cc1Cl. The van der Waals surface area contributed by atoms with E-state index < -0.39 is 29.3 Å². The number of aromatic nitrogens is 5. The summed E-state index contributed by atoms with van der Waals surface area (Å²) in [7, 11) is 0. The normalized spacial score (nSPS) is 11.5. The average molecular weight is 589 g/mol. The van der Waals surface area contributed by atoms with Crippen LogP contribution in [0.4, 0.5) is 23.2 Å². The highest BCUT2D eigenvalue weighted by atomic mass is 127. The fourth-order valence-corrected chi connectivity index (χ4v) is 3.82. The molecule has 1 amide bonds. The van der Waals surface area contributed by atoms with Crippen molar-refractivity contribution in [3.8, 4) is 16.9 Å². The first-order valence-electron chi connectivity index (χ1n) is 8.99. The Balaban J connectivity index is 1.66. The summed E-state index contributed by atoms with van der Waals surface area (Å²) >= 11 is 8.18. The van der Waals surface area contributed by atoms with E-state index in [1.807, 2.05) is 22.6 Å². The number of halogens is 6. The molecule has 1 aromatic carbocycles. The summed E-state index contributed by atoms with van der Waals surface area (Å²) in [6.45, 7) is 0. The fourth-order valence-electron chi connectivity index (χ4n) is 2.94. The quantitative estimate of drug-likeness (QED) is 0.255. The fraction of sp³-hybridized carbons (Fsp3) is 0.0500. The Hall–Kier alpha value is -3.13. The lowest BCUT2D eigenvalue weighted by Gasteiger charge is -2.14. The standard InChI is InChI=1S/C20H10ClF4IN6O/c21-15-6-12(11-1-2-27-9-17(11)26)16(22)7-13(15)19(33)31-10-5-14(20(23,24)25)18(28-8-10)32-29-3-4-30-32/h1-9H,(H,31,33). The van der Waals surface area contributed by atoms with E-state index in [-0.39, 0.29) is 21.8 Å². The van der Waals surface area contributed by atoms with Crippen molar-refractivity contribution in [3.05, 3.63) is 80.8 Å². The van der Waals surface area contributed by atoms with Gasteiger partial charge in [-0.05, 0) is 46.9 Å². The second-order valence-corrected chi connectivity index (χ2v) is 8.10. The van der Waals surface area contributed by atoms with Crippen molar-refractivity contribution in [2.75, 3.05) is 5.32 Å². The van der Waals surface area contributed by atoms with Gasteiger partial charge in [-0.1, -0.05) is 11.6 Å². The molecule has 4 aromatic rings. The van der Waals surface area contributed by atoms with E-state index in [2.05, 4.69) is 25.5 Å².